The molecule has 1 heterocycles. The van der Waals surface area contributed by atoms with E-state index in [0.29, 0.717) is 5.92 Å². The Balaban J connectivity index is 2.54. The Morgan fingerprint density at radius 1 is 1.54 bits per heavy atom. The first-order valence-corrected chi connectivity index (χ1v) is 4.93. The number of nitrogens with two attached hydrogens (primary N) is 1. The van der Waals surface area contributed by atoms with Crippen LogP contribution in [-0.4, -0.2) is 6.04 Å². The molecule has 2 heteroatoms. The van der Waals surface area contributed by atoms with Gasteiger partial charge in [0.25, 0.3) is 0 Å². The molecule has 0 amide bonds. The van der Waals surface area contributed by atoms with Crippen LogP contribution < -0.4 is 5.73 Å². The molecule has 2 N–H and O–H groups in total. The molecule has 1 aromatic heterocycles. The molecule has 0 fully saturated rings. The van der Waals surface area contributed by atoms with E-state index in [2.05, 4.69) is 20.8 Å². The lowest BCUT2D eigenvalue weighted by atomic mass is 9.95. The molecule has 1 aromatic rings. The lowest BCUT2D eigenvalue weighted by Crippen LogP contribution is -2.30. The van der Waals surface area contributed by atoms with Gasteiger partial charge in [-0.15, -0.1) is 0 Å². The van der Waals surface area contributed by atoms with Crippen LogP contribution in [0.5, 0.6) is 0 Å². The summed E-state index contributed by atoms with van der Waals surface area (Å²) in [6.45, 7) is 6.41. The highest BCUT2D eigenvalue weighted by atomic mass is 16.3. The van der Waals surface area contributed by atoms with Crippen LogP contribution in [0.1, 0.15) is 31.6 Å². The molecule has 0 aromatic carbocycles. The zero-order valence-corrected chi connectivity index (χ0v) is 8.71. The van der Waals surface area contributed by atoms with E-state index in [1.807, 2.05) is 6.07 Å². The number of hydrogen-bond acceptors (Lipinski definition) is 2. The fourth-order valence-electron chi connectivity index (χ4n) is 1.33. The molecular formula is C11H19NO. The monoisotopic (exact) mass is 181 g/mol. The zero-order chi connectivity index (χ0) is 9.84. The minimum absolute atomic E-state index is 0.217. The van der Waals surface area contributed by atoms with Crippen molar-refractivity contribution in [2.24, 2.45) is 11.7 Å². The van der Waals surface area contributed by atoms with E-state index >= 15 is 0 Å². The fraction of sp³-hybridized carbons (Fsp3) is 0.636. The summed E-state index contributed by atoms with van der Waals surface area (Å²) in [7, 11) is 0. The van der Waals surface area contributed by atoms with Crippen molar-refractivity contribution in [1.29, 1.82) is 0 Å². The Morgan fingerprint density at radius 3 is 2.69 bits per heavy atom. The molecule has 2 unspecified atom stereocenters. The number of hydrogen-bond donors (Lipinski definition) is 1. The predicted molar refractivity (Wildman–Crippen MR) is 54.6 cm³/mol. The second-order valence-corrected chi connectivity index (χ2v) is 3.78. The Hall–Kier alpha value is -0.760. The quantitative estimate of drug-likeness (QED) is 0.775. The largest absolute Gasteiger partial charge is 0.469 e. The molecular weight excluding hydrogens is 162 g/mol. The first-order valence-electron chi connectivity index (χ1n) is 4.93. The van der Waals surface area contributed by atoms with Crippen molar-refractivity contribution < 1.29 is 4.42 Å². The molecule has 2 atom stereocenters. The maximum atomic E-state index is 6.03. The van der Waals surface area contributed by atoms with Crippen LogP contribution in [0.15, 0.2) is 16.7 Å². The van der Waals surface area contributed by atoms with E-state index in [-0.39, 0.29) is 6.04 Å². The van der Waals surface area contributed by atoms with Crippen molar-refractivity contribution in [1.82, 2.24) is 0 Å². The highest BCUT2D eigenvalue weighted by Gasteiger charge is 2.14. The van der Waals surface area contributed by atoms with Crippen molar-refractivity contribution in [3.8, 4) is 0 Å². The van der Waals surface area contributed by atoms with Gasteiger partial charge in [-0.2, -0.15) is 0 Å². The standard InChI is InChI=1S/C11H19NO/c1-4-8(2)10(12)7-11-9(3)5-6-13-11/h5-6,8,10H,4,7,12H2,1-3H3. The summed E-state index contributed by atoms with van der Waals surface area (Å²) < 4.78 is 5.35. The maximum absolute atomic E-state index is 6.03. The third kappa shape index (κ3) is 2.59. The summed E-state index contributed by atoms with van der Waals surface area (Å²) >= 11 is 0. The first kappa shape index (κ1) is 10.3. The summed E-state index contributed by atoms with van der Waals surface area (Å²) in [6, 6.07) is 2.20. The van der Waals surface area contributed by atoms with Gasteiger partial charge < -0.3 is 10.2 Å². The van der Waals surface area contributed by atoms with Crippen molar-refractivity contribution in [2.75, 3.05) is 0 Å². The molecule has 0 aliphatic carbocycles. The van der Waals surface area contributed by atoms with Crippen LogP contribution in [-0.2, 0) is 6.42 Å². The van der Waals surface area contributed by atoms with Gasteiger partial charge in [0.2, 0.25) is 0 Å². The molecule has 2 nitrogen and oxygen atoms in total. The van der Waals surface area contributed by atoms with Gasteiger partial charge in [-0.25, -0.2) is 0 Å². The van der Waals surface area contributed by atoms with Crippen molar-refractivity contribution >= 4 is 0 Å². The van der Waals surface area contributed by atoms with E-state index < -0.39 is 0 Å². The van der Waals surface area contributed by atoms with Crippen molar-refractivity contribution in [2.45, 2.75) is 39.7 Å². The second kappa shape index (κ2) is 4.47. The lowest BCUT2D eigenvalue weighted by molar-refractivity contribution is 0.401. The Kier molecular flexibility index (Phi) is 3.55. The van der Waals surface area contributed by atoms with E-state index in [9.17, 15) is 0 Å². The Morgan fingerprint density at radius 2 is 2.23 bits per heavy atom. The van der Waals surface area contributed by atoms with Crippen LogP contribution in [0.2, 0.25) is 0 Å². The summed E-state index contributed by atoms with van der Waals surface area (Å²) in [5, 5.41) is 0. The molecule has 74 valence electrons. The summed E-state index contributed by atoms with van der Waals surface area (Å²) in [5.41, 5.74) is 7.24. The molecule has 1 rings (SSSR count). The SMILES string of the molecule is CCC(C)C(N)Cc1occc1C. The second-order valence-electron chi connectivity index (χ2n) is 3.78. The van der Waals surface area contributed by atoms with Crippen LogP contribution in [0, 0.1) is 12.8 Å². The molecule has 0 spiro atoms. The predicted octanol–water partition coefficient (Wildman–Crippen LogP) is 2.50. The molecule has 0 saturated carbocycles. The fourth-order valence-corrected chi connectivity index (χ4v) is 1.33. The third-order valence-corrected chi connectivity index (χ3v) is 2.76. The first-order chi connectivity index (χ1) is 6.15. The zero-order valence-electron chi connectivity index (χ0n) is 8.71. The van der Waals surface area contributed by atoms with Gasteiger partial charge in [0.05, 0.1) is 6.26 Å². The van der Waals surface area contributed by atoms with E-state index in [1.54, 1.807) is 6.26 Å². The van der Waals surface area contributed by atoms with Gasteiger partial charge in [-0.05, 0) is 24.5 Å². The molecule has 0 bridgehead atoms. The van der Waals surface area contributed by atoms with Gasteiger partial charge in [0.15, 0.2) is 0 Å². The highest BCUT2D eigenvalue weighted by molar-refractivity contribution is 5.15. The van der Waals surface area contributed by atoms with Crippen LogP contribution in [0.25, 0.3) is 0 Å². The third-order valence-electron chi connectivity index (χ3n) is 2.76. The molecule has 0 radical (unpaired) electrons. The maximum Gasteiger partial charge on any atom is 0.108 e. The summed E-state index contributed by atoms with van der Waals surface area (Å²) in [5.74, 6) is 1.59. The minimum atomic E-state index is 0.217. The van der Waals surface area contributed by atoms with Crippen LogP contribution in [0.4, 0.5) is 0 Å². The summed E-state index contributed by atoms with van der Waals surface area (Å²) in [6.07, 6.45) is 3.71. The van der Waals surface area contributed by atoms with Crippen LogP contribution >= 0.6 is 0 Å². The topological polar surface area (TPSA) is 39.2 Å². The van der Waals surface area contributed by atoms with E-state index in [0.717, 1.165) is 18.6 Å². The smallest absolute Gasteiger partial charge is 0.108 e. The van der Waals surface area contributed by atoms with Gasteiger partial charge in [-0.3, -0.25) is 0 Å². The average Bonchev–Trinajstić information content (AvgIpc) is 2.50. The van der Waals surface area contributed by atoms with E-state index in [1.165, 1.54) is 5.56 Å². The molecule has 0 aliphatic heterocycles. The van der Waals surface area contributed by atoms with Gasteiger partial charge >= 0.3 is 0 Å². The van der Waals surface area contributed by atoms with Crippen LogP contribution in [0.3, 0.4) is 0 Å². The Bertz CT molecular complexity index is 254. The lowest BCUT2D eigenvalue weighted by Gasteiger charge is -2.17. The number of furan rings is 1. The highest BCUT2D eigenvalue weighted by Crippen LogP contribution is 2.15. The van der Waals surface area contributed by atoms with Gasteiger partial charge in [0, 0.05) is 12.5 Å². The van der Waals surface area contributed by atoms with Gasteiger partial charge in [-0.1, -0.05) is 20.3 Å². The average molecular weight is 181 g/mol. The molecule has 0 saturated heterocycles. The van der Waals surface area contributed by atoms with Crippen molar-refractivity contribution in [3.05, 3.63) is 23.7 Å². The molecule has 13 heavy (non-hydrogen) atoms. The number of aryl methyl sites for hydroxylation is 1. The Labute approximate surface area is 80.1 Å². The summed E-state index contributed by atoms with van der Waals surface area (Å²) in [4.78, 5) is 0. The number of rotatable bonds is 4. The normalized spacial score (nSPS) is 15.7. The van der Waals surface area contributed by atoms with Gasteiger partial charge in [0.1, 0.15) is 5.76 Å². The van der Waals surface area contributed by atoms with E-state index in [4.69, 9.17) is 10.2 Å². The minimum Gasteiger partial charge on any atom is -0.469 e. The van der Waals surface area contributed by atoms with Crippen molar-refractivity contribution in [3.63, 3.8) is 0 Å². The molecule has 0 aliphatic rings.